The van der Waals surface area contributed by atoms with Crippen LogP contribution in [0.15, 0.2) is 60.8 Å². The lowest BCUT2D eigenvalue weighted by atomic mass is 10.0. The summed E-state index contributed by atoms with van der Waals surface area (Å²) in [5, 5.41) is 0. The molecule has 0 aliphatic rings. The van der Waals surface area contributed by atoms with E-state index in [1.807, 2.05) is 6.08 Å². The molecule has 0 saturated heterocycles. The number of rotatable bonds is 54. The smallest absolute Gasteiger partial charge is 0.306 e. The Morgan fingerprint density at radius 2 is 0.594 bits per heavy atom. The maximum atomic E-state index is 12.9. The highest BCUT2D eigenvalue weighted by Gasteiger charge is 2.19. The molecule has 0 N–H and O–H groups in total. The highest BCUT2D eigenvalue weighted by atomic mass is 16.6. The summed E-state index contributed by atoms with van der Waals surface area (Å²) in [6, 6.07) is 0. The topological polar surface area (TPSA) is 78.9 Å². The lowest BCUT2D eigenvalue weighted by Gasteiger charge is -2.18. The third kappa shape index (κ3) is 55.9. The first-order valence-electron chi connectivity index (χ1n) is 29.8. The Morgan fingerprint density at radius 1 is 0.304 bits per heavy atom. The molecule has 1 atom stereocenters. The van der Waals surface area contributed by atoms with E-state index in [4.69, 9.17) is 14.2 Å². The molecule has 0 aromatic heterocycles. The van der Waals surface area contributed by atoms with Crippen molar-refractivity contribution in [3.63, 3.8) is 0 Å². The van der Waals surface area contributed by atoms with Gasteiger partial charge in [0.05, 0.1) is 0 Å². The van der Waals surface area contributed by atoms with Gasteiger partial charge < -0.3 is 14.2 Å². The van der Waals surface area contributed by atoms with Crippen molar-refractivity contribution in [1.82, 2.24) is 0 Å². The van der Waals surface area contributed by atoms with E-state index in [2.05, 4.69) is 75.5 Å². The van der Waals surface area contributed by atoms with Crippen molar-refractivity contribution in [2.75, 3.05) is 13.2 Å². The van der Waals surface area contributed by atoms with Crippen LogP contribution >= 0.6 is 0 Å². The summed E-state index contributed by atoms with van der Waals surface area (Å²) in [6.45, 7) is 6.49. The molecule has 0 bridgehead atoms. The largest absolute Gasteiger partial charge is 0.462 e. The maximum absolute atomic E-state index is 12.9. The number of esters is 3. The minimum absolute atomic E-state index is 0.0950. The van der Waals surface area contributed by atoms with Crippen LogP contribution < -0.4 is 0 Å². The number of ether oxygens (including phenoxy) is 3. The summed E-state index contributed by atoms with van der Waals surface area (Å²) in [6.07, 6.45) is 72.4. The first-order chi connectivity index (χ1) is 34.0. The minimum atomic E-state index is -0.803. The molecule has 69 heavy (non-hydrogen) atoms. The quantitative estimate of drug-likeness (QED) is 0.0262. The molecular weight excluding hydrogens is 853 g/mol. The van der Waals surface area contributed by atoms with Crippen molar-refractivity contribution in [3.05, 3.63) is 60.8 Å². The number of allylic oxidation sites excluding steroid dienone is 10. The van der Waals surface area contributed by atoms with Gasteiger partial charge in [-0.1, -0.05) is 274 Å². The molecule has 0 radical (unpaired) electrons. The molecule has 0 heterocycles. The molecule has 0 aromatic carbocycles. The van der Waals surface area contributed by atoms with Gasteiger partial charge in [-0.3, -0.25) is 14.4 Å². The van der Waals surface area contributed by atoms with Crippen LogP contribution in [0.5, 0.6) is 0 Å². The maximum Gasteiger partial charge on any atom is 0.306 e. The van der Waals surface area contributed by atoms with Crippen molar-refractivity contribution in [3.8, 4) is 0 Å². The van der Waals surface area contributed by atoms with Crippen LogP contribution in [0.25, 0.3) is 0 Å². The Bertz CT molecular complexity index is 1250. The summed E-state index contributed by atoms with van der Waals surface area (Å²) >= 11 is 0. The summed E-state index contributed by atoms with van der Waals surface area (Å²) in [4.78, 5) is 38.1. The van der Waals surface area contributed by atoms with E-state index >= 15 is 0 Å². The van der Waals surface area contributed by atoms with Gasteiger partial charge in [-0.25, -0.2) is 0 Å². The van der Waals surface area contributed by atoms with E-state index in [1.54, 1.807) is 0 Å². The Hall–Kier alpha value is -2.89. The molecule has 1 unspecified atom stereocenters. The molecule has 0 aromatic rings. The molecule has 0 fully saturated rings. The van der Waals surface area contributed by atoms with Crippen LogP contribution in [0.3, 0.4) is 0 Å². The van der Waals surface area contributed by atoms with Gasteiger partial charge in [0, 0.05) is 19.3 Å². The van der Waals surface area contributed by atoms with Crippen LogP contribution in [0.4, 0.5) is 0 Å². The number of hydrogen-bond donors (Lipinski definition) is 0. The van der Waals surface area contributed by atoms with E-state index in [0.29, 0.717) is 19.3 Å². The lowest BCUT2D eigenvalue weighted by Crippen LogP contribution is -2.30. The Kier molecular flexibility index (Phi) is 55.3. The van der Waals surface area contributed by atoms with Crippen molar-refractivity contribution >= 4 is 17.9 Å². The zero-order valence-corrected chi connectivity index (χ0v) is 45.8. The van der Waals surface area contributed by atoms with Gasteiger partial charge in [-0.15, -0.1) is 0 Å². The van der Waals surface area contributed by atoms with Crippen LogP contribution in [-0.4, -0.2) is 37.2 Å². The lowest BCUT2D eigenvalue weighted by molar-refractivity contribution is -0.166. The van der Waals surface area contributed by atoms with Crippen molar-refractivity contribution in [2.24, 2.45) is 0 Å². The second-order valence-electron chi connectivity index (χ2n) is 19.9. The van der Waals surface area contributed by atoms with Gasteiger partial charge in [0.1, 0.15) is 13.2 Å². The van der Waals surface area contributed by atoms with Gasteiger partial charge in [0.25, 0.3) is 0 Å². The summed E-state index contributed by atoms with van der Waals surface area (Å²) < 4.78 is 16.8. The van der Waals surface area contributed by atoms with Gasteiger partial charge in [0.15, 0.2) is 6.10 Å². The zero-order valence-electron chi connectivity index (χ0n) is 45.8. The molecule has 400 valence electrons. The summed E-state index contributed by atoms with van der Waals surface area (Å²) in [7, 11) is 0. The fourth-order valence-electron chi connectivity index (χ4n) is 8.57. The second kappa shape index (κ2) is 57.7. The molecule has 0 amide bonds. The van der Waals surface area contributed by atoms with Crippen LogP contribution in [0.2, 0.25) is 0 Å². The SMILES string of the molecule is CC/C=C\C/C=C\C/C=C\C/C=C\CCC(=O)OCC(COC(=O)CCCCCCCCCCCCCCCCCCCCCC)OC(=O)CCCCCCCCC/C=C\CCCCCCCCC. The average Bonchev–Trinajstić information content (AvgIpc) is 3.35. The van der Waals surface area contributed by atoms with Crippen LogP contribution in [0.1, 0.15) is 303 Å². The predicted molar refractivity (Wildman–Crippen MR) is 298 cm³/mol. The van der Waals surface area contributed by atoms with Gasteiger partial charge >= 0.3 is 17.9 Å². The monoisotopic (exact) mass is 965 g/mol. The third-order valence-corrected chi connectivity index (χ3v) is 13.0. The van der Waals surface area contributed by atoms with E-state index < -0.39 is 6.10 Å². The third-order valence-electron chi connectivity index (χ3n) is 13.0. The van der Waals surface area contributed by atoms with E-state index in [1.165, 1.54) is 193 Å². The second-order valence-corrected chi connectivity index (χ2v) is 19.9. The normalized spacial score (nSPS) is 12.4. The summed E-state index contributed by atoms with van der Waals surface area (Å²) in [5.41, 5.74) is 0. The van der Waals surface area contributed by atoms with Crippen molar-refractivity contribution in [2.45, 2.75) is 309 Å². The van der Waals surface area contributed by atoms with Crippen molar-refractivity contribution < 1.29 is 28.6 Å². The van der Waals surface area contributed by atoms with Crippen LogP contribution in [0, 0.1) is 0 Å². The molecule has 6 nitrogen and oxygen atoms in total. The fraction of sp³-hybridized carbons (Fsp3) is 0.794. The molecule has 0 rings (SSSR count). The summed E-state index contributed by atoms with van der Waals surface area (Å²) in [5.74, 6) is -0.971. The molecule has 0 saturated carbocycles. The van der Waals surface area contributed by atoms with Gasteiger partial charge in [-0.05, 0) is 70.6 Å². The van der Waals surface area contributed by atoms with Gasteiger partial charge in [0.2, 0.25) is 0 Å². The number of unbranched alkanes of at least 4 members (excludes halogenated alkanes) is 33. The Balaban J connectivity index is 4.37. The number of carbonyl (C=O) groups is 3. The van der Waals surface area contributed by atoms with Gasteiger partial charge in [-0.2, -0.15) is 0 Å². The average molecular weight is 966 g/mol. The first-order valence-corrected chi connectivity index (χ1v) is 29.8. The highest BCUT2D eigenvalue weighted by molar-refractivity contribution is 5.71. The minimum Gasteiger partial charge on any atom is -0.462 e. The molecular formula is C63H112O6. The zero-order chi connectivity index (χ0) is 50.0. The van der Waals surface area contributed by atoms with Crippen LogP contribution in [-0.2, 0) is 28.6 Å². The van der Waals surface area contributed by atoms with E-state index in [0.717, 1.165) is 64.2 Å². The molecule has 0 aliphatic carbocycles. The number of carbonyl (C=O) groups excluding carboxylic acids is 3. The van der Waals surface area contributed by atoms with E-state index in [9.17, 15) is 14.4 Å². The standard InChI is InChI=1S/C63H112O6/c1-4-7-10-13-16-19-22-25-27-29-31-32-34-35-38-41-44-47-50-53-56-62(65)68-59-60(58-67-61(64)55-52-49-46-43-40-37-24-21-18-15-12-9-6-3)69-63(66)57-54-51-48-45-42-39-36-33-30-28-26-23-20-17-14-11-8-5-2/h9,12,18,21,28,30,37,40,46,49,60H,4-8,10-11,13-17,19-20,22-27,29,31-36,38-39,41-45,47-48,50-59H2,1-3H3/b12-9-,21-18-,30-28-,40-37-,49-46-. The van der Waals surface area contributed by atoms with Crippen molar-refractivity contribution in [1.29, 1.82) is 0 Å². The fourth-order valence-corrected chi connectivity index (χ4v) is 8.57. The molecule has 0 aliphatic heterocycles. The van der Waals surface area contributed by atoms with E-state index in [-0.39, 0.29) is 37.5 Å². The molecule has 0 spiro atoms. The predicted octanol–water partition coefficient (Wildman–Crippen LogP) is 20.0. The number of hydrogen-bond acceptors (Lipinski definition) is 6. The first kappa shape index (κ1) is 66.1. The Labute approximate surface area is 428 Å². The highest BCUT2D eigenvalue weighted by Crippen LogP contribution is 2.17. The molecule has 6 heteroatoms. The Morgan fingerprint density at radius 3 is 0.971 bits per heavy atom.